The molecular weight excluding hydrogens is 761 g/mol. The Hall–Kier alpha value is -2.78. The van der Waals surface area contributed by atoms with Gasteiger partial charge in [-0.05, 0) is 65.9 Å². The molecule has 5 rings (SSSR count). The van der Waals surface area contributed by atoms with E-state index in [0.29, 0.717) is 64.8 Å². The number of rotatable bonds is 20. The van der Waals surface area contributed by atoms with E-state index in [1.165, 1.54) is 0 Å². The molecule has 3 aromatic rings. The van der Waals surface area contributed by atoms with Gasteiger partial charge in [-0.2, -0.15) is 0 Å². The van der Waals surface area contributed by atoms with Crippen LogP contribution in [0.2, 0.25) is 0 Å². The van der Waals surface area contributed by atoms with Crippen molar-refractivity contribution in [3.05, 3.63) is 108 Å². The lowest BCUT2D eigenvalue weighted by Gasteiger charge is -2.41. The summed E-state index contributed by atoms with van der Waals surface area (Å²) >= 11 is -3.00. The first kappa shape index (κ1) is 45.3. The van der Waals surface area contributed by atoms with Crippen LogP contribution in [0.4, 0.5) is 0 Å². The number of hydrogen-bond acceptors (Lipinski definition) is 10. The molecule has 2 heterocycles. The van der Waals surface area contributed by atoms with Crippen LogP contribution in [-0.2, 0) is 69.4 Å². The van der Waals surface area contributed by atoms with Gasteiger partial charge in [-0.25, -0.2) is 0 Å². The Morgan fingerprint density at radius 3 is 1.98 bits per heavy atom. The van der Waals surface area contributed by atoms with E-state index < -0.39 is 55.2 Å². The van der Waals surface area contributed by atoms with Crippen LogP contribution in [0.25, 0.3) is 0 Å². The van der Waals surface area contributed by atoms with Crippen LogP contribution in [0.3, 0.4) is 0 Å². The molecule has 0 bridgehead atoms. The zero-order valence-corrected chi connectivity index (χ0v) is 36.3. The second-order valence-corrected chi connectivity index (χ2v) is 20.4. The minimum atomic E-state index is -1.64. The highest BCUT2D eigenvalue weighted by Crippen LogP contribution is 2.44. The van der Waals surface area contributed by atoms with Gasteiger partial charge in [-0.15, -0.1) is 4.72 Å². The Morgan fingerprint density at radius 2 is 1.42 bits per heavy atom. The monoisotopic (exact) mass is 822 g/mol. The van der Waals surface area contributed by atoms with Crippen molar-refractivity contribution in [1.82, 2.24) is 4.72 Å². The summed E-state index contributed by atoms with van der Waals surface area (Å²) in [5.41, 5.74) is 1.68. The number of ether oxygens (including phenoxy) is 5. The van der Waals surface area contributed by atoms with Crippen LogP contribution in [-0.4, -0.2) is 62.7 Å². The molecule has 0 radical (unpaired) electrons. The number of nitrogens with one attached hydrogen (secondary N) is 1. The Kier molecular flexibility index (Phi) is 15.9. The van der Waals surface area contributed by atoms with Crippen molar-refractivity contribution >= 4 is 34.9 Å². The zero-order valence-electron chi connectivity index (χ0n) is 34.7. The van der Waals surface area contributed by atoms with Crippen molar-refractivity contribution in [1.29, 1.82) is 0 Å². The average molecular weight is 823 g/mol. The van der Waals surface area contributed by atoms with E-state index in [1.807, 2.05) is 139 Å². The smallest absolute Gasteiger partial charge is 0.314 e. The Labute approximate surface area is 346 Å². The quantitative estimate of drug-likeness (QED) is 0.0676. The molecule has 2 aliphatic heterocycles. The highest BCUT2D eigenvalue weighted by Gasteiger charge is 2.52. The average Bonchev–Trinajstić information content (AvgIpc) is 3.87. The normalized spacial score (nSPS) is 21.7. The molecule has 2 aliphatic rings. The fraction of sp³-hybridized carbons (Fsp3) is 0.556. The first-order valence-electron chi connectivity index (χ1n) is 20.2. The van der Waals surface area contributed by atoms with Gasteiger partial charge in [0.05, 0.1) is 43.6 Å². The van der Waals surface area contributed by atoms with Gasteiger partial charge in [-0.3, -0.25) is 4.79 Å². The molecule has 0 amide bonds. The van der Waals surface area contributed by atoms with Crippen molar-refractivity contribution in [3.8, 4) is 0 Å². The van der Waals surface area contributed by atoms with Gasteiger partial charge < -0.3 is 32.8 Å². The summed E-state index contributed by atoms with van der Waals surface area (Å²) in [5, 5.41) is 0. The molecule has 0 saturated carbocycles. The molecule has 312 valence electrons. The second-order valence-electron chi connectivity index (χ2n) is 16.5. The molecule has 5 atom stereocenters. The van der Waals surface area contributed by atoms with Gasteiger partial charge in [0.1, 0.15) is 27.5 Å². The highest BCUT2D eigenvalue weighted by atomic mass is 32.2. The summed E-state index contributed by atoms with van der Waals surface area (Å²) in [4.78, 5) is 14.3. The largest absolute Gasteiger partial charge is 0.598 e. The predicted molar refractivity (Wildman–Crippen MR) is 227 cm³/mol. The molecule has 2 saturated heterocycles. The lowest BCUT2D eigenvalue weighted by Crippen LogP contribution is -2.56. The molecule has 12 heteroatoms. The van der Waals surface area contributed by atoms with Gasteiger partial charge in [0.15, 0.2) is 11.6 Å². The van der Waals surface area contributed by atoms with Crippen molar-refractivity contribution in [2.45, 2.75) is 133 Å². The third-order valence-corrected chi connectivity index (χ3v) is 14.2. The van der Waals surface area contributed by atoms with E-state index in [4.69, 9.17) is 23.7 Å². The summed E-state index contributed by atoms with van der Waals surface area (Å²) in [6.45, 7) is 14.9. The first-order chi connectivity index (χ1) is 27.2. The van der Waals surface area contributed by atoms with Crippen LogP contribution in [0, 0.1) is 5.41 Å². The van der Waals surface area contributed by atoms with Crippen LogP contribution in [0.15, 0.2) is 95.4 Å². The van der Waals surface area contributed by atoms with Crippen molar-refractivity contribution in [2.24, 2.45) is 9.81 Å². The molecule has 57 heavy (non-hydrogen) atoms. The van der Waals surface area contributed by atoms with Gasteiger partial charge in [0, 0.05) is 41.8 Å². The summed E-state index contributed by atoms with van der Waals surface area (Å²) in [5.74, 6) is -2.36. The third kappa shape index (κ3) is 11.3. The van der Waals surface area contributed by atoms with E-state index in [-0.39, 0.29) is 18.7 Å². The molecule has 10 nitrogen and oxygen atoms in total. The molecule has 3 aromatic carbocycles. The van der Waals surface area contributed by atoms with Gasteiger partial charge in [0.25, 0.3) is 0 Å². The Balaban J connectivity index is 1.36. The molecule has 2 fully saturated rings. The number of benzene rings is 3. The fourth-order valence-corrected chi connectivity index (χ4v) is 9.47. The minimum Gasteiger partial charge on any atom is -0.598 e. The number of carbonyl (C=O) groups is 1. The lowest BCUT2D eigenvalue weighted by atomic mass is 9.73. The third-order valence-electron chi connectivity index (χ3n) is 11.1. The Bertz CT molecular complexity index is 1700. The van der Waals surface area contributed by atoms with Gasteiger partial charge in [0.2, 0.25) is 0 Å². The summed E-state index contributed by atoms with van der Waals surface area (Å²) in [7, 11) is 0. The van der Waals surface area contributed by atoms with Gasteiger partial charge >= 0.3 is 5.97 Å². The summed E-state index contributed by atoms with van der Waals surface area (Å²) < 4.78 is 65.7. The Morgan fingerprint density at radius 1 is 0.860 bits per heavy atom. The van der Waals surface area contributed by atoms with Crippen LogP contribution in [0.1, 0.15) is 110 Å². The van der Waals surface area contributed by atoms with E-state index in [0.717, 1.165) is 16.7 Å². The van der Waals surface area contributed by atoms with Gasteiger partial charge in [-0.1, -0.05) is 109 Å². The number of hydrogen-bond donors (Lipinski definition) is 1. The van der Waals surface area contributed by atoms with E-state index in [9.17, 15) is 13.9 Å². The SMILES string of the molecule is CCC(CC)(C(=O)OCc1ccccc1)[C@@H](CCC1(c2ccccc2)OCCO1)N[S@+]([O-])C(C)(C)CC1COC(CC/C=N/[S@+]([O-])C(C)(C)C)(c2ccccc2)O1. The summed E-state index contributed by atoms with van der Waals surface area (Å²) in [6.07, 6.45) is 4.51. The molecule has 2 unspecified atom stereocenters. The van der Waals surface area contributed by atoms with Crippen molar-refractivity contribution in [3.63, 3.8) is 0 Å². The molecule has 0 aromatic heterocycles. The van der Waals surface area contributed by atoms with E-state index >= 15 is 0 Å². The first-order valence-corrected chi connectivity index (χ1v) is 22.5. The highest BCUT2D eigenvalue weighted by molar-refractivity contribution is 7.91. The zero-order chi connectivity index (χ0) is 41.2. The van der Waals surface area contributed by atoms with Crippen LogP contribution < -0.4 is 4.72 Å². The van der Waals surface area contributed by atoms with Crippen LogP contribution >= 0.6 is 0 Å². The fourth-order valence-electron chi connectivity index (χ4n) is 7.66. The summed E-state index contributed by atoms with van der Waals surface area (Å²) in [6, 6.07) is 28.8. The minimum absolute atomic E-state index is 0.144. The topological polar surface area (TPSA) is 134 Å². The molecule has 0 spiro atoms. The molecular formula is C45H62N2O8S2. The van der Waals surface area contributed by atoms with Crippen molar-refractivity contribution in [2.75, 3.05) is 19.8 Å². The maximum absolute atomic E-state index is 14.7. The lowest BCUT2D eigenvalue weighted by molar-refractivity contribution is -0.181. The second kappa shape index (κ2) is 20.0. The van der Waals surface area contributed by atoms with E-state index in [1.54, 1.807) is 6.21 Å². The standard InChI is InChI=1S/C45H62N2O8S2/c1-8-43(9-2,40(48)51-33-35-20-13-10-14-21-35)39(26-28-44(52-30-31-53-44)36-22-15-11-16-23-36)47-57(50)42(6,7)32-38-34-54-45(55-38,37-24-17-12-18-25-37)27-19-29-46-56(49)41(3,4)5/h10-18,20-25,29,38-39,47H,8-9,19,26-28,30-34H2,1-7H3/b46-29+/t38?,39-,45?,56-,57-/m1/s1. The van der Waals surface area contributed by atoms with E-state index in [2.05, 4.69) is 9.12 Å². The maximum Gasteiger partial charge on any atom is 0.314 e. The maximum atomic E-state index is 14.7. The molecule has 1 N–H and O–H groups in total. The van der Waals surface area contributed by atoms with Crippen molar-refractivity contribution < 1.29 is 37.6 Å². The number of carbonyl (C=O) groups excluding carboxylic acids is 1. The molecule has 0 aliphatic carbocycles. The van der Waals surface area contributed by atoms with Crippen LogP contribution in [0.5, 0.6) is 0 Å². The number of nitrogens with zero attached hydrogens (tertiary/aromatic N) is 1. The predicted octanol–water partition coefficient (Wildman–Crippen LogP) is 8.59. The number of esters is 1.